The van der Waals surface area contributed by atoms with Gasteiger partial charge in [0.25, 0.3) is 0 Å². The van der Waals surface area contributed by atoms with Gasteiger partial charge in [-0.15, -0.1) is 0 Å². The molecule has 1 heterocycles. The Morgan fingerprint density at radius 2 is 1.39 bits per heavy atom. The molecule has 0 fully saturated rings. The van der Waals surface area contributed by atoms with Crippen LogP contribution in [-0.4, -0.2) is 0 Å². The number of nitrogens with one attached hydrogen (secondary N) is 1. The first-order valence-electron chi connectivity index (χ1n) is 10.0. The molecule has 1 N–H and O–H groups in total. The van der Waals surface area contributed by atoms with Crippen molar-refractivity contribution in [2.75, 3.05) is 10.2 Å². The first kappa shape index (κ1) is 18.5. The lowest BCUT2D eigenvalue weighted by Crippen LogP contribution is -2.26. The molecule has 0 bridgehead atoms. The van der Waals surface area contributed by atoms with E-state index in [2.05, 4.69) is 80.4 Å². The monoisotopic (exact) mass is 374 g/mol. The van der Waals surface area contributed by atoms with Crippen molar-refractivity contribution >= 4 is 17.1 Å². The fourth-order valence-corrected chi connectivity index (χ4v) is 4.07. The molecule has 0 amide bonds. The summed E-state index contributed by atoms with van der Waals surface area (Å²) in [6.07, 6.45) is -0.0737. The minimum Gasteiger partial charge on any atom is -0.359 e. The molecule has 4 rings (SSSR count). The maximum Gasteiger partial charge on any atom is 0.130 e. The standard InChI is InChI=1S/C25H27FN2/c1-16(2)20-8-7-9-21(17(3)4)24(20)28-23-11-6-5-10-22(23)27-25(28)18-12-14-19(26)15-13-18/h5-17,25,27H,1-4H3. The van der Waals surface area contributed by atoms with Gasteiger partial charge in [0, 0.05) is 0 Å². The molecule has 0 radical (unpaired) electrons. The number of benzene rings is 3. The maximum absolute atomic E-state index is 13.6. The van der Waals surface area contributed by atoms with Gasteiger partial charge in [0.15, 0.2) is 0 Å². The van der Waals surface area contributed by atoms with Crippen LogP contribution in [0.4, 0.5) is 21.5 Å². The van der Waals surface area contributed by atoms with Crippen LogP contribution in [0, 0.1) is 5.82 Å². The van der Waals surface area contributed by atoms with Crippen molar-refractivity contribution in [3.05, 3.63) is 89.2 Å². The summed E-state index contributed by atoms with van der Waals surface area (Å²) < 4.78 is 13.6. The molecule has 2 nitrogen and oxygen atoms in total. The van der Waals surface area contributed by atoms with E-state index in [9.17, 15) is 4.39 Å². The van der Waals surface area contributed by atoms with Gasteiger partial charge in [-0.2, -0.15) is 0 Å². The smallest absolute Gasteiger partial charge is 0.130 e. The number of hydrogen-bond acceptors (Lipinski definition) is 2. The van der Waals surface area contributed by atoms with Crippen LogP contribution >= 0.6 is 0 Å². The van der Waals surface area contributed by atoms with Crippen LogP contribution in [0.2, 0.25) is 0 Å². The third-order valence-electron chi connectivity index (χ3n) is 5.48. The second-order valence-electron chi connectivity index (χ2n) is 8.08. The van der Waals surface area contributed by atoms with Crippen LogP contribution < -0.4 is 10.2 Å². The summed E-state index contributed by atoms with van der Waals surface area (Å²) in [5.74, 6) is 0.585. The molecule has 28 heavy (non-hydrogen) atoms. The van der Waals surface area contributed by atoms with Crippen molar-refractivity contribution in [2.24, 2.45) is 0 Å². The lowest BCUT2D eigenvalue weighted by Gasteiger charge is -2.33. The largest absolute Gasteiger partial charge is 0.359 e. The Hall–Kier alpha value is -2.81. The van der Waals surface area contributed by atoms with Gasteiger partial charge in [-0.05, 0) is 52.8 Å². The molecule has 0 saturated carbocycles. The van der Waals surface area contributed by atoms with Crippen LogP contribution in [0.25, 0.3) is 0 Å². The topological polar surface area (TPSA) is 15.3 Å². The summed E-state index contributed by atoms with van der Waals surface area (Å²) in [7, 11) is 0. The average molecular weight is 375 g/mol. The lowest BCUT2D eigenvalue weighted by atomic mass is 9.91. The molecular weight excluding hydrogens is 347 g/mol. The van der Waals surface area contributed by atoms with Crippen molar-refractivity contribution in [3.63, 3.8) is 0 Å². The molecule has 144 valence electrons. The molecule has 0 aliphatic carbocycles. The molecule has 1 atom stereocenters. The molecule has 1 aliphatic rings. The molecule has 3 heteroatoms. The number of rotatable bonds is 4. The molecular formula is C25H27FN2. The molecule has 0 spiro atoms. The molecule has 1 unspecified atom stereocenters. The van der Waals surface area contributed by atoms with Gasteiger partial charge >= 0.3 is 0 Å². The molecule has 1 aliphatic heterocycles. The van der Waals surface area contributed by atoms with Crippen LogP contribution in [0.15, 0.2) is 66.7 Å². The summed E-state index contributed by atoms with van der Waals surface area (Å²) in [4.78, 5) is 2.40. The lowest BCUT2D eigenvalue weighted by molar-refractivity contribution is 0.626. The second kappa shape index (κ2) is 7.31. The summed E-state index contributed by atoms with van der Waals surface area (Å²) >= 11 is 0. The minimum atomic E-state index is -0.212. The van der Waals surface area contributed by atoms with Crippen LogP contribution in [-0.2, 0) is 0 Å². The van der Waals surface area contributed by atoms with E-state index in [0.29, 0.717) is 11.8 Å². The predicted molar refractivity (Wildman–Crippen MR) is 116 cm³/mol. The SMILES string of the molecule is CC(C)c1cccc(C(C)C)c1N1c2ccccc2NC1c1ccc(F)cc1. The van der Waals surface area contributed by atoms with E-state index in [1.54, 1.807) is 0 Å². The van der Waals surface area contributed by atoms with E-state index < -0.39 is 0 Å². The molecule has 3 aromatic carbocycles. The van der Waals surface area contributed by atoms with Crippen LogP contribution in [0.1, 0.15) is 62.4 Å². The van der Waals surface area contributed by atoms with E-state index in [4.69, 9.17) is 0 Å². The Morgan fingerprint density at radius 1 is 0.786 bits per heavy atom. The molecule has 3 aromatic rings. The quantitative estimate of drug-likeness (QED) is 0.514. The second-order valence-corrected chi connectivity index (χ2v) is 8.08. The van der Waals surface area contributed by atoms with Crippen LogP contribution in [0.5, 0.6) is 0 Å². The zero-order chi connectivity index (χ0) is 19.8. The minimum absolute atomic E-state index is 0.0737. The van der Waals surface area contributed by atoms with Gasteiger partial charge in [-0.25, -0.2) is 4.39 Å². The predicted octanol–water partition coefficient (Wildman–Crippen LogP) is 7.33. The maximum atomic E-state index is 13.6. The fourth-order valence-electron chi connectivity index (χ4n) is 4.07. The highest BCUT2D eigenvalue weighted by atomic mass is 19.1. The zero-order valence-electron chi connectivity index (χ0n) is 16.9. The molecule has 0 saturated heterocycles. The van der Waals surface area contributed by atoms with Gasteiger partial charge < -0.3 is 10.2 Å². The first-order chi connectivity index (χ1) is 13.5. The summed E-state index contributed by atoms with van der Waals surface area (Å²) in [5.41, 5.74) is 7.23. The Balaban J connectivity index is 1.96. The summed E-state index contributed by atoms with van der Waals surface area (Å²) in [6, 6.07) is 21.8. The van der Waals surface area contributed by atoms with Crippen molar-refractivity contribution in [1.82, 2.24) is 0 Å². The highest BCUT2D eigenvalue weighted by Gasteiger charge is 2.34. The third kappa shape index (κ3) is 3.15. The van der Waals surface area contributed by atoms with E-state index in [-0.39, 0.29) is 12.0 Å². The van der Waals surface area contributed by atoms with E-state index >= 15 is 0 Å². The summed E-state index contributed by atoms with van der Waals surface area (Å²) in [6.45, 7) is 8.97. The average Bonchev–Trinajstić information content (AvgIpc) is 3.07. The van der Waals surface area contributed by atoms with Gasteiger partial charge in [0.1, 0.15) is 12.0 Å². The van der Waals surface area contributed by atoms with Crippen LogP contribution in [0.3, 0.4) is 0 Å². The van der Waals surface area contributed by atoms with Gasteiger partial charge in [-0.1, -0.05) is 70.2 Å². The highest BCUT2D eigenvalue weighted by Crippen LogP contribution is 2.50. The Morgan fingerprint density at radius 3 is 2.00 bits per heavy atom. The highest BCUT2D eigenvalue weighted by molar-refractivity contribution is 5.85. The molecule has 0 aromatic heterocycles. The number of hydrogen-bond donors (Lipinski definition) is 1. The number of para-hydroxylation sites is 3. The number of halogens is 1. The summed E-state index contributed by atoms with van der Waals surface area (Å²) in [5, 5.41) is 3.65. The van der Waals surface area contributed by atoms with Crippen molar-refractivity contribution in [2.45, 2.75) is 45.7 Å². The van der Waals surface area contributed by atoms with E-state index in [0.717, 1.165) is 16.9 Å². The number of nitrogens with zero attached hydrogens (tertiary/aromatic N) is 1. The Kier molecular flexibility index (Phi) is 4.84. The van der Waals surface area contributed by atoms with Crippen molar-refractivity contribution < 1.29 is 4.39 Å². The normalized spacial score (nSPS) is 15.8. The van der Waals surface area contributed by atoms with Gasteiger partial charge in [-0.3, -0.25) is 0 Å². The Bertz CT molecular complexity index is 950. The van der Waals surface area contributed by atoms with Gasteiger partial charge in [0.05, 0.1) is 17.1 Å². The van der Waals surface area contributed by atoms with Crippen molar-refractivity contribution in [3.8, 4) is 0 Å². The van der Waals surface area contributed by atoms with Crippen molar-refractivity contribution in [1.29, 1.82) is 0 Å². The van der Waals surface area contributed by atoms with Gasteiger partial charge in [0.2, 0.25) is 0 Å². The fraction of sp³-hybridized carbons (Fsp3) is 0.280. The van der Waals surface area contributed by atoms with E-state index in [1.807, 2.05) is 12.1 Å². The third-order valence-corrected chi connectivity index (χ3v) is 5.48. The Labute approximate surface area is 167 Å². The van der Waals surface area contributed by atoms with E-state index in [1.165, 1.54) is 28.9 Å². The zero-order valence-corrected chi connectivity index (χ0v) is 16.9. The first-order valence-corrected chi connectivity index (χ1v) is 10.0. The number of fused-ring (bicyclic) bond motifs is 1. The number of anilines is 3.